The molecule has 172 valence electrons. The van der Waals surface area contributed by atoms with Crippen molar-refractivity contribution in [3.63, 3.8) is 0 Å². The zero-order valence-corrected chi connectivity index (χ0v) is 20.6. The van der Waals surface area contributed by atoms with Crippen LogP contribution in [0.5, 0.6) is 0 Å². The number of hydrogen-bond acceptors (Lipinski definition) is 5. The van der Waals surface area contributed by atoms with Gasteiger partial charge in [0, 0.05) is 11.8 Å². The molecular weight excluding hydrogens is 507 g/mol. The van der Waals surface area contributed by atoms with Crippen molar-refractivity contribution in [3.05, 3.63) is 0 Å². The van der Waals surface area contributed by atoms with E-state index in [0.29, 0.717) is 63.4 Å². The summed E-state index contributed by atoms with van der Waals surface area (Å²) in [6.45, 7) is 0.867. The quantitative estimate of drug-likeness (QED) is 0.283. The van der Waals surface area contributed by atoms with Gasteiger partial charge < -0.3 is 0 Å². The van der Waals surface area contributed by atoms with E-state index in [9.17, 15) is 9.59 Å². The summed E-state index contributed by atoms with van der Waals surface area (Å²) in [7, 11) is 0. The van der Waals surface area contributed by atoms with Gasteiger partial charge in [0.25, 0.3) is 0 Å². The van der Waals surface area contributed by atoms with Crippen molar-refractivity contribution in [2.24, 2.45) is 46.3 Å². The molecule has 9 fully saturated rings. The fourth-order valence-electron chi connectivity index (χ4n) is 9.69. The molecule has 0 aromatic heterocycles. The second-order valence-electron chi connectivity index (χ2n) is 12.2. The maximum atomic E-state index is 13.2. The van der Waals surface area contributed by atoms with Crippen molar-refractivity contribution in [1.82, 2.24) is 0 Å². The molecule has 0 amide bonds. The van der Waals surface area contributed by atoms with Gasteiger partial charge in [-0.2, -0.15) is 0 Å². The Morgan fingerprint density at radius 1 is 1.10 bits per heavy atom. The molecule has 8 unspecified atom stereocenters. The van der Waals surface area contributed by atoms with Gasteiger partial charge in [0.1, 0.15) is 5.78 Å². The number of Topliss-reactive ketones (excluding diaryl/α,β-unsaturated/α-hetero) is 1. The molecule has 5 nitrogen and oxygen atoms in total. The van der Waals surface area contributed by atoms with Crippen LogP contribution in [0.3, 0.4) is 0 Å². The average molecular weight is 541 g/mol. The maximum absolute atomic E-state index is 13.2. The van der Waals surface area contributed by atoms with Gasteiger partial charge in [0.05, 0.1) is 0 Å². The molecule has 8 bridgehead atoms. The standard InChI is InChI=1S/C25H34IO5/c1-26-13-23-6-15-4-18(9-23)25(20(15)10-23)30-12-19(31-25)11-29-22(28)24-5-14-2-16(7-24)21(27)17(3-14)8-24/h14-20H,2-13H2,1H3/q-1. The molecule has 9 aliphatic rings. The first-order valence-corrected chi connectivity index (χ1v) is 16.1. The first-order valence-electron chi connectivity index (χ1n) is 12.4. The molecule has 0 N–H and O–H groups in total. The summed E-state index contributed by atoms with van der Waals surface area (Å²) < 4.78 is 20.5. The van der Waals surface area contributed by atoms with Crippen LogP contribution in [-0.4, -0.2) is 46.2 Å². The molecule has 8 saturated carbocycles. The first-order chi connectivity index (χ1) is 14.9. The number of carbonyl (C=O) groups is 2. The Balaban J connectivity index is 1.01. The van der Waals surface area contributed by atoms with Gasteiger partial charge in [-0.25, -0.2) is 0 Å². The van der Waals surface area contributed by atoms with E-state index in [1.165, 1.54) is 30.1 Å². The molecule has 1 saturated heterocycles. The molecule has 1 spiro atoms. The van der Waals surface area contributed by atoms with E-state index < -0.39 is 5.41 Å². The number of hydrogen-bond donors (Lipinski definition) is 0. The molecule has 9 rings (SSSR count). The molecule has 8 aliphatic carbocycles. The Bertz CT molecular complexity index is 807. The van der Waals surface area contributed by atoms with Gasteiger partial charge in [0.15, 0.2) is 0 Å². The fraction of sp³-hybridized carbons (Fsp3) is 0.920. The Kier molecular flexibility index (Phi) is 4.35. The molecule has 1 aliphatic heterocycles. The molecular formula is C25H34IO5-. The Hall–Kier alpha value is -0.210. The topological polar surface area (TPSA) is 61.8 Å². The minimum absolute atomic E-state index is 0.0661. The van der Waals surface area contributed by atoms with Gasteiger partial charge >= 0.3 is 154 Å². The second kappa shape index (κ2) is 6.68. The summed E-state index contributed by atoms with van der Waals surface area (Å²) in [6, 6.07) is 0. The van der Waals surface area contributed by atoms with E-state index in [2.05, 4.69) is 4.93 Å². The summed E-state index contributed by atoms with van der Waals surface area (Å²) in [6.07, 6.45) is 9.45. The van der Waals surface area contributed by atoms with Gasteiger partial charge in [0.2, 0.25) is 0 Å². The summed E-state index contributed by atoms with van der Waals surface area (Å²) in [5.74, 6) is 2.59. The summed E-state index contributed by atoms with van der Waals surface area (Å²) >= 11 is 0.331. The predicted octanol–water partition coefficient (Wildman–Crippen LogP) is 0.192. The molecule has 6 heteroatoms. The van der Waals surface area contributed by atoms with E-state index >= 15 is 0 Å². The number of rotatable bonds is 5. The SMILES string of the molecule is C[I-]CC12CC3CC(C1)C1(OCC(COC(=O)C45CC6CC(C4)C(=O)C(C6)C5)O1)C3C2. The molecule has 1 heterocycles. The van der Waals surface area contributed by atoms with Crippen molar-refractivity contribution in [1.29, 1.82) is 0 Å². The third-order valence-corrected chi connectivity index (χ3v) is 12.7. The van der Waals surface area contributed by atoms with Crippen LogP contribution in [0.25, 0.3) is 0 Å². The van der Waals surface area contributed by atoms with Gasteiger partial charge in [-0.05, 0) is 18.8 Å². The van der Waals surface area contributed by atoms with Gasteiger partial charge in [-0.15, -0.1) is 0 Å². The predicted molar refractivity (Wildman–Crippen MR) is 108 cm³/mol. The van der Waals surface area contributed by atoms with Crippen LogP contribution >= 0.6 is 0 Å². The van der Waals surface area contributed by atoms with Crippen LogP contribution in [0.4, 0.5) is 0 Å². The summed E-state index contributed by atoms with van der Waals surface area (Å²) in [5.41, 5.74) is 0.195. The monoisotopic (exact) mass is 541 g/mol. The van der Waals surface area contributed by atoms with Crippen molar-refractivity contribution in [2.45, 2.75) is 69.7 Å². The molecule has 0 radical (unpaired) electrons. The van der Waals surface area contributed by atoms with E-state index in [4.69, 9.17) is 14.2 Å². The van der Waals surface area contributed by atoms with Gasteiger partial charge in [-0.1, -0.05) is 0 Å². The zero-order chi connectivity index (χ0) is 21.0. The van der Waals surface area contributed by atoms with E-state index in [1.54, 1.807) is 0 Å². The normalized spacial score (nSPS) is 55.8. The Labute approximate surface area is 195 Å². The number of ketones is 1. The van der Waals surface area contributed by atoms with Crippen LogP contribution < -0.4 is 21.2 Å². The van der Waals surface area contributed by atoms with Crippen LogP contribution in [0.15, 0.2) is 0 Å². The molecule has 31 heavy (non-hydrogen) atoms. The third kappa shape index (κ3) is 2.73. The fourth-order valence-corrected chi connectivity index (χ4v) is 12.2. The number of halogens is 1. The molecule has 0 aromatic carbocycles. The molecule has 8 atom stereocenters. The van der Waals surface area contributed by atoms with Gasteiger partial charge in [-0.3, -0.25) is 4.79 Å². The number of ether oxygens (including phenoxy) is 3. The summed E-state index contributed by atoms with van der Waals surface area (Å²) in [4.78, 5) is 28.1. The number of alkyl halides is 2. The van der Waals surface area contributed by atoms with Crippen LogP contribution in [0.1, 0.15) is 57.8 Å². The van der Waals surface area contributed by atoms with Crippen molar-refractivity contribution < 1.29 is 45.0 Å². The van der Waals surface area contributed by atoms with Crippen molar-refractivity contribution in [3.8, 4) is 0 Å². The summed E-state index contributed by atoms with van der Waals surface area (Å²) in [5, 5.41) is 0. The van der Waals surface area contributed by atoms with Crippen molar-refractivity contribution in [2.75, 3.05) is 22.6 Å². The van der Waals surface area contributed by atoms with Crippen LogP contribution in [0, 0.1) is 46.3 Å². The number of carbonyl (C=O) groups excluding carboxylic acids is 2. The van der Waals surface area contributed by atoms with E-state index in [1.807, 2.05) is 0 Å². The van der Waals surface area contributed by atoms with Crippen LogP contribution in [-0.2, 0) is 23.8 Å². The second-order valence-corrected chi connectivity index (χ2v) is 14.5. The molecule has 0 aromatic rings. The first kappa shape index (κ1) is 20.2. The zero-order valence-electron chi connectivity index (χ0n) is 18.4. The average Bonchev–Trinajstić information content (AvgIpc) is 3.34. The van der Waals surface area contributed by atoms with Crippen molar-refractivity contribution >= 4 is 11.8 Å². The number of esters is 1. The van der Waals surface area contributed by atoms with Crippen LogP contribution in [0.2, 0.25) is 0 Å². The minimum atomic E-state index is -0.401. The Morgan fingerprint density at radius 2 is 1.90 bits per heavy atom. The van der Waals surface area contributed by atoms with E-state index in [-0.39, 0.29) is 29.7 Å². The Morgan fingerprint density at radius 3 is 2.65 bits per heavy atom. The third-order valence-electron chi connectivity index (χ3n) is 10.4. The van der Waals surface area contributed by atoms with E-state index in [0.717, 1.165) is 38.0 Å².